The van der Waals surface area contributed by atoms with Crippen molar-refractivity contribution in [2.45, 2.75) is 36.7 Å². The second-order valence-corrected chi connectivity index (χ2v) is 14.0. The molecule has 0 saturated heterocycles. The quantitative estimate of drug-likeness (QED) is 0.241. The van der Waals surface area contributed by atoms with Crippen molar-refractivity contribution in [3.8, 4) is 16.9 Å². The van der Waals surface area contributed by atoms with Crippen molar-refractivity contribution in [2.75, 3.05) is 31.5 Å². The highest BCUT2D eigenvalue weighted by molar-refractivity contribution is 7.94. The zero-order valence-corrected chi connectivity index (χ0v) is 26.1. The number of carbonyl (C=O) groups excluding carboxylic acids is 1. The maximum atomic E-state index is 13.7. The molecule has 1 aliphatic rings. The number of aliphatic hydroxyl groups excluding tert-OH is 1. The van der Waals surface area contributed by atoms with Gasteiger partial charge in [0.2, 0.25) is 0 Å². The molecule has 0 saturated carbocycles. The van der Waals surface area contributed by atoms with Crippen molar-refractivity contribution >= 4 is 33.0 Å². The summed E-state index contributed by atoms with van der Waals surface area (Å²) in [5.74, 6) is 0.0354. The van der Waals surface area contributed by atoms with E-state index in [0.717, 1.165) is 11.3 Å². The van der Waals surface area contributed by atoms with Crippen LogP contribution >= 0.6 is 11.3 Å². The van der Waals surface area contributed by atoms with E-state index in [1.54, 1.807) is 35.4 Å². The molecule has 10 heteroatoms. The predicted octanol–water partition coefficient (Wildman–Crippen LogP) is 5.57. The van der Waals surface area contributed by atoms with Gasteiger partial charge in [0.25, 0.3) is 15.9 Å². The minimum absolute atomic E-state index is 0.0361. The Kier molecular flexibility index (Phi) is 9.51. The van der Waals surface area contributed by atoms with Crippen molar-refractivity contribution in [3.63, 3.8) is 0 Å². The molecule has 2 N–H and O–H groups in total. The van der Waals surface area contributed by atoms with Crippen molar-refractivity contribution in [1.29, 1.82) is 0 Å². The van der Waals surface area contributed by atoms with Gasteiger partial charge in [0.15, 0.2) is 0 Å². The van der Waals surface area contributed by atoms with Gasteiger partial charge in [-0.25, -0.2) is 8.42 Å². The fourth-order valence-electron chi connectivity index (χ4n) is 5.24. The van der Waals surface area contributed by atoms with Gasteiger partial charge in [-0.2, -0.15) is 0 Å². The van der Waals surface area contributed by atoms with E-state index < -0.39 is 16.1 Å². The molecule has 0 fully saturated rings. The molecule has 226 valence electrons. The molecule has 0 spiro atoms. The summed E-state index contributed by atoms with van der Waals surface area (Å²) >= 11 is 1.12. The summed E-state index contributed by atoms with van der Waals surface area (Å²) in [6.07, 6.45) is -0.262. The summed E-state index contributed by atoms with van der Waals surface area (Å²) in [4.78, 5) is 17.6. The first kappa shape index (κ1) is 30.7. The number of sulfonamides is 1. The third kappa shape index (κ3) is 7.27. The first-order valence-electron chi connectivity index (χ1n) is 14.3. The van der Waals surface area contributed by atoms with Gasteiger partial charge in [-0.15, -0.1) is 11.3 Å². The number of nitrogens with zero attached hydrogens (tertiary/aromatic N) is 2. The third-order valence-corrected chi connectivity index (χ3v) is 10.5. The molecule has 1 aromatic heterocycles. The first-order valence-corrected chi connectivity index (χ1v) is 16.6. The Morgan fingerprint density at radius 3 is 2.44 bits per heavy atom. The minimum atomic E-state index is -3.79. The highest BCUT2D eigenvalue weighted by atomic mass is 32.2. The van der Waals surface area contributed by atoms with Crippen LogP contribution in [0.15, 0.2) is 94.5 Å². The Bertz CT molecular complexity index is 1630. The SMILES string of the molecule is C[C@H](CO)N1C[C@H](C)[C@@H](CN(C)Cc2ccc(-c3ccccc3)cc2)Oc2ccc(NS(=O)(=O)c3cccs3)cc2C1=O. The van der Waals surface area contributed by atoms with E-state index >= 15 is 0 Å². The van der Waals surface area contributed by atoms with Gasteiger partial charge < -0.3 is 14.7 Å². The molecule has 5 rings (SSSR count). The van der Waals surface area contributed by atoms with Crippen molar-refractivity contribution in [2.24, 2.45) is 5.92 Å². The Balaban J connectivity index is 1.36. The summed E-state index contributed by atoms with van der Waals surface area (Å²) in [5, 5.41) is 11.7. The number of anilines is 1. The number of hydrogen-bond acceptors (Lipinski definition) is 7. The van der Waals surface area contributed by atoms with Crippen molar-refractivity contribution < 1.29 is 23.1 Å². The number of thiophene rings is 1. The number of hydrogen-bond donors (Lipinski definition) is 2. The third-order valence-electron chi connectivity index (χ3n) is 7.68. The van der Waals surface area contributed by atoms with E-state index in [0.29, 0.717) is 25.4 Å². The molecule has 3 atom stereocenters. The Labute approximate surface area is 257 Å². The molecule has 1 aliphatic heterocycles. The Morgan fingerprint density at radius 1 is 1.05 bits per heavy atom. The van der Waals surface area contributed by atoms with Crippen LogP contribution in [0.3, 0.4) is 0 Å². The molecular formula is C33H37N3O5S2. The Hall–Kier alpha value is -3.70. The zero-order valence-electron chi connectivity index (χ0n) is 24.5. The number of benzene rings is 3. The van der Waals surface area contributed by atoms with Crippen LogP contribution in [0.4, 0.5) is 5.69 Å². The average molecular weight is 620 g/mol. The molecule has 4 aromatic rings. The van der Waals surface area contributed by atoms with Crippen LogP contribution in [0.5, 0.6) is 5.75 Å². The van der Waals surface area contributed by atoms with Gasteiger partial charge in [0.1, 0.15) is 16.1 Å². The van der Waals surface area contributed by atoms with E-state index in [1.165, 1.54) is 28.8 Å². The van der Waals surface area contributed by atoms with Gasteiger partial charge in [0.05, 0.1) is 18.2 Å². The zero-order chi connectivity index (χ0) is 30.6. The predicted molar refractivity (Wildman–Crippen MR) is 171 cm³/mol. The van der Waals surface area contributed by atoms with Crippen LogP contribution in [0, 0.1) is 5.92 Å². The van der Waals surface area contributed by atoms with Crippen molar-refractivity contribution in [1.82, 2.24) is 9.80 Å². The fraction of sp³-hybridized carbons (Fsp3) is 0.303. The van der Waals surface area contributed by atoms with Crippen molar-refractivity contribution in [3.05, 3.63) is 101 Å². The maximum Gasteiger partial charge on any atom is 0.271 e. The van der Waals surface area contributed by atoms with Crippen LogP contribution in [0.25, 0.3) is 11.1 Å². The molecule has 3 aromatic carbocycles. The fourth-order valence-corrected chi connectivity index (χ4v) is 7.28. The lowest BCUT2D eigenvalue weighted by molar-refractivity contribution is 0.0341. The largest absolute Gasteiger partial charge is 0.488 e. The van der Waals surface area contributed by atoms with Gasteiger partial charge in [-0.3, -0.25) is 14.4 Å². The lowest BCUT2D eigenvalue weighted by Gasteiger charge is -2.38. The highest BCUT2D eigenvalue weighted by Gasteiger charge is 2.33. The van der Waals surface area contributed by atoms with Crippen LogP contribution in [0.2, 0.25) is 0 Å². The monoisotopic (exact) mass is 619 g/mol. The summed E-state index contributed by atoms with van der Waals surface area (Å²) in [7, 11) is -1.75. The minimum Gasteiger partial charge on any atom is -0.488 e. The molecule has 0 bridgehead atoms. The summed E-state index contributed by atoms with van der Waals surface area (Å²) < 4.78 is 35.0. The van der Waals surface area contributed by atoms with Crippen LogP contribution in [-0.2, 0) is 16.6 Å². The molecular weight excluding hydrogens is 583 g/mol. The lowest BCUT2D eigenvalue weighted by atomic mass is 9.99. The van der Waals surface area contributed by atoms with Gasteiger partial charge in [-0.1, -0.05) is 67.6 Å². The molecule has 8 nitrogen and oxygen atoms in total. The number of amides is 1. The number of aliphatic hydroxyl groups is 1. The number of nitrogens with one attached hydrogen (secondary N) is 1. The van der Waals surface area contributed by atoms with Gasteiger partial charge in [0, 0.05) is 31.2 Å². The molecule has 2 heterocycles. The second kappa shape index (κ2) is 13.3. The molecule has 0 radical (unpaired) electrons. The van der Waals surface area contributed by atoms with Crippen LogP contribution < -0.4 is 9.46 Å². The molecule has 43 heavy (non-hydrogen) atoms. The molecule has 0 aliphatic carbocycles. The standard InChI is InChI=1S/C33H37N3O5S2/c1-23-19-36(24(2)22-37)33(38)29-18-28(34-43(39,40)32-10-7-17-42-32)15-16-30(29)41-31(23)21-35(3)20-25-11-13-27(14-12-25)26-8-5-4-6-9-26/h4-18,23-24,31,34,37H,19-22H2,1-3H3/t23-,24+,31+/m0/s1. The summed E-state index contributed by atoms with van der Waals surface area (Å²) in [6.45, 7) is 5.36. The van der Waals surface area contributed by atoms with E-state index in [-0.39, 0.29) is 40.0 Å². The normalized spacial score (nSPS) is 18.0. The lowest BCUT2D eigenvalue weighted by Crippen LogP contribution is -2.49. The van der Waals surface area contributed by atoms with E-state index in [9.17, 15) is 18.3 Å². The summed E-state index contributed by atoms with van der Waals surface area (Å²) in [6, 6.07) is 26.4. The van der Waals surface area contributed by atoms with E-state index in [4.69, 9.17) is 4.74 Å². The Morgan fingerprint density at radius 2 is 1.77 bits per heavy atom. The number of ether oxygens (including phenoxy) is 1. The molecule has 1 amide bonds. The molecule has 0 unspecified atom stereocenters. The van der Waals surface area contributed by atoms with E-state index in [2.05, 4.69) is 46.0 Å². The first-order chi connectivity index (χ1) is 20.6. The van der Waals surface area contributed by atoms with Crippen LogP contribution in [0.1, 0.15) is 29.8 Å². The average Bonchev–Trinajstić information content (AvgIpc) is 3.56. The van der Waals surface area contributed by atoms with Gasteiger partial charge in [-0.05, 0) is 60.3 Å². The topological polar surface area (TPSA) is 99.2 Å². The smallest absolute Gasteiger partial charge is 0.271 e. The van der Waals surface area contributed by atoms with Crippen LogP contribution in [-0.4, -0.2) is 68.1 Å². The number of likely N-dealkylation sites (N-methyl/N-ethyl adjacent to an activating group) is 1. The summed E-state index contributed by atoms with van der Waals surface area (Å²) in [5.41, 5.74) is 4.04. The highest BCUT2D eigenvalue weighted by Crippen LogP contribution is 2.32. The number of rotatable bonds is 10. The number of fused-ring (bicyclic) bond motifs is 1. The maximum absolute atomic E-state index is 13.7. The second-order valence-electron chi connectivity index (χ2n) is 11.1. The van der Waals surface area contributed by atoms with E-state index in [1.807, 2.05) is 32.2 Å². The van der Waals surface area contributed by atoms with Gasteiger partial charge >= 0.3 is 0 Å². The number of carbonyl (C=O) groups is 1.